The number of hydrogen-bond acceptors (Lipinski definition) is 4. The van der Waals surface area contributed by atoms with E-state index in [2.05, 4.69) is 10.6 Å². The molecule has 190 valence electrons. The van der Waals surface area contributed by atoms with Crippen LogP contribution in [0.2, 0.25) is 0 Å². The number of halogens is 3. The van der Waals surface area contributed by atoms with E-state index >= 15 is 0 Å². The number of carbonyl (C=O) groups is 1. The molecule has 2 N–H and O–H groups in total. The van der Waals surface area contributed by atoms with Crippen molar-refractivity contribution >= 4 is 27.2 Å². The predicted octanol–water partition coefficient (Wildman–Crippen LogP) is 7.12. The minimum Gasteiger partial charge on any atom is -0.455 e. The van der Waals surface area contributed by atoms with E-state index in [0.29, 0.717) is 11.3 Å². The number of anilines is 2. The third kappa shape index (κ3) is 6.89. The smallest absolute Gasteiger partial charge is 0.416 e. The summed E-state index contributed by atoms with van der Waals surface area (Å²) in [6.45, 7) is 0. The summed E-state index contributed by atoms with van der Waals surface area (Å²) in [6.07, 6.45) is -4.58. The van der Waals surface area contributed by atoms with Gasteiger partial charge in [0.15, 0.2) is 15.6 Å². The molecule has 0 aliphatic carbocycles. The summed E-state index contributed by atoms with van der Waals surface area (Å²) in [5.74, 6) is 0.315. The fourth-order valence-electron chi connectivity index (χ4n) is 3.44. The molecule has 0 unspecified atom stereocenters. The number of hydrogen-bond donors (Lipinski definition) is 2. The molecule has 4 rings (SSSR count). The summed E-state index contributed by atoms with van der Waals surface area (Å²) >= 11 is 0. The number of carbonyl (C=O) groups excluding carboxylic acids is 1. The molecule has 2 amide bonds. The van der Waals surface area contributed by atoms with Gasteiger partial charge in [-0.3, -0.25) is 0 Å². The number of alkyl halides is 3. The van der Waals surface area contributed by atoms with Crippen molar-refractivity contribution in [2.24, 2.45) is 0 Å². The van der Waals surface area contributed by atoms with Crippen LogP contribution < -0.4 is 15.4 Å². The van der Waals surface area contributed by atoms with E-state index in [0.717, 1.165) is 12.1 Å². The Labute approximate surface area is 211 Å². The monoisotopic (exact) mass is 526 g/mol. The van der Waals surface area contributed by atoms with Crippen molar-refractivity contribution in [3.8, 4) is 11.5 Å². The van der Waals surface area contributed by atoms with Crippen molar-refractivity contribution in [2.45, 2.75) is 16.8 Å². The average Bonchev–Trinajstić information content (AvgIpc) is 2.85. The van der Waals surface area contributed by atoms with Crippen LogP contribution >= 0.6 is 0 Å². The molecular weight excluding hydrogens is 505 g/mol. The quantitative estimate of drug-likeness (QED) is 0.269. The Balaban J connectivity index is 1.62. The first-order valence-electron chi connectivity index (χ1n) is 11.0. The number of para-hydroxylation sites is 1. The van der Waals surface area contributed by atoms with E-state index in [1.807, 2.05) is 0 Å². The highest BCUT2D eigenvalue weighted by molar-refractivity contribution is 7.90. The van der Waals surface area contributed by atoms with E-state index in [1.54, 1.807) is 60.7 Å². The molecule has 4 aromatic carbocycles. The lowest BCUT2D eigenvalue weighted by atomic mass is 10.2. The van der Waals surface area contributed by atoms with Gasteiger partial charge >= 0.3 is 12.2 Å². The summed E-state index contributed by atoms with van der Waals surface area (Å²) in [4.78, 5) is 12.6. The molecule has 0 radical (unpaired) electrons. The maximum Gasteiger partial charge on any atom is 0.416 e. The van der Waals surface area contributed by atoms with E-state index in [-0.39, 0.29) is 27.8 Å². The molecule has 0 aliphatic heterocycles. The van der Waals surface area contributed by atoms with Crippen LogP contribution in [0, 0.1) is 0 Å². The summed E-state index contributed by atoms with van der Waals surface area (Å²) in [7, 11) is -3.79. The van der Waals surface area contributed by atoms with Gasteiger partial charge < -0.3 is 15.4 Å². The fraction of sp³-hybridized carbons (Fsp3) is 0.0741. The van der Waals surface area contributed by atoms with Gasteiger partial charge in [-0.05, 0) is 54.1 Å². The minimum absolute atomic E-state index is 0.0162. The first-order chi connectivity index (χ1) is 17.6. The summed E-state index contributed by atoms with van der Waals surface area (Å²) in [5, 5.41) is 4.83. The highest BCUT2D eigenvalue weighted by Crippen LogP contribution is 2.34. The van der Waals surface area contributed by atoms with Gasteiger partial charge in [-0.25, -0.2) is 13.2 Å². The summed E-state index contributed by atoms with van der Waals surface area (Å²) in [6, 6.07) is 24.5. The molecule has 0 saturated carbocycles. The number of benzene rings is 4. The van der Waals surface area contributed by atoms with Crippen molar-refractivity contribution in [1.82, 2.24) is 0 Å². The van der Waals surface area contributed by atoms with Crippen LogP contribution in [0.1, 0.15) is 11.1 Å². The van der Waals surface area contributed by atoms with E-state index in [4.69, 9.17) is 4.74 Å². The number of rotatable bonds is 7. The van der Waals surface area contributed by atoms with Crippen LogP contribution in [0.5, 0.6) is 11.5 Å². The molecule has 37 heavy (non-hydrogen) atoms. The minimum atomic E-state index is -4.58. The second-order valence-electron chi connectivity index (χ2n) is 7.98. The zero-order valence-electron chi connectivity index (χ0n) is 19.2. The predicted molar refractivity (Wildman–Crippen MR) is 134 cm³/mol. The average molecular weight is 527 g/mol. The van der Waals surface area contributed by atoms with Crippen molar-refractivity contribution in [1.29, 1.82) is 0 Å². The number of nitrogens with one attached hydrogen (secondary N) is 2. The lowest BCUT2D eigenvalue weighted by Gasteiger charge is -2.15. The van der Waals surface area contributed by atoms with Gasteiger partial charge in [0, 0.05) is 5.69 Å². The highest BCUT2D eigenvalue weighted by Gasteiger charge is 2.30. The van der Waals surface area contributed by atoms with Crippen LogP contribution in [0.15, 0.2) is 108 Å². The Morgan fingerprint density at radius 1 is 0.784 bits per heavy atom. The van der Waals surface area contributed by atoms with Gasteiger partial charge in [-0.15, -0.1) is 0 Å². The second kappa shape index (κ2) is 10.8. The van der Waals surface area contributed by atoms with Crippen LogP contribution in [-0.2, 0) is 21.8 Å². The first kappa shape index (κ1) is 25.8. The van der Waals surface area contributed by atoms with E-state index in [9.17, 15) is 26.4 Å². The molecule has 4 aromatic rings. The topological polar surface area (TPSA) is 84.5 Å². The normalized spacial score (nSPS) is 11.5. The Hall–Kier alpha value is -4.31. The highest BCUT2D eigenvalue weighted by atomic mass is 32.2. The SMILES string of the molecule is O=C(Nc1cccc(C(F)(F)F)c1)Nc1cc(S(=O)(=O)Cc2ccccc2)ccc1Oc1ccccc1. The van der Waals surface area contributed by atoms with Crippen LogP contribution in [0.25, 0.3) is 0 Å². The zero-order chi connectivity index (χ0) is 26.5. The van der Waals surface area contributed by atoms with Crippen molar-refractivity contribution in [2.75, 3.05) is 10.6 Å². The molecule has 0 bridgehead atoms. The lowest BCUT2D eigenvalue weighted by Crippen LogP contribution is -2.20. The van der Waals surface area contributed by atoms with E-state index in [1.165, 1.54) is 30.3 Å². The Bertz CT molecular complexity index is 1490. The number of ether oxygens (including phenoxy) is 1. The van der Waals surface area contributed by atoms with Crippen molar-refractivity contribution < 1.29 is 31.1 Å². The standard InChI is InChI=1S/C27H21F3N2O4S/c28-27(29,30)20-10-7-11-21(16-20)31-26(33)32-24-17-23(37(34,35)18-19-8-3-1-4-9-19)14-15-25(24)36-22-12-5-2-6-13-22/h1-17H,18H2,(H2,31,32,33). The van der Waals surface area contributed by atoms with Gasteiger partial charge in [0.1, 0.15) is 5.75 Å². The third-order valence-corrected chi connectivity index (χ3v) is 6.86. The Kier molecular flexibility index (Phi) is 7.49. The fourth-order valence-corrected chi connectivity index (χ4v) is 4.81. The van der Waals surface area contributed by atoms with Gasteiger partial charge in [-0.2, -0.15) is 13.2 Å². The van der Waals surface area contributed by atoms with Gasteiger partial charge in [0.05, 0.1) is 21.9 Å². The maximum absolute atomic E-state index is 13.1. The van der Waals surface area contributed by atoms with E-state index < -0.39 is 27.6 Å². The molecule has 0 atom stereocenters. The largest absolute Gasteiger partial charge is 0.455 e. The number of urea groups is 1. The number of sulfone groups is 1. The maximum atomic E-state index is 13.1. The molecule has 6 nitrogen and oxygen atoms in total. The van der Waals surface area contributed by atoms with Crippen LogP contribution in [0.4, 0.5) is 29.3 Å². The van der Waals surface area contributed by atoms with Crippen LogP contribution in [0.3, 0.4) is 0 Å². The molecule has 10 heteroatoms. The molecule has 0 spiro atoms. The first-order valence-corrected chi connectivity index (χ1v) is 12.6. The van der Waals surface area contributed by atoms with Gasteiger partial charge in [-0.1, -0.05) is 54.6 Å². The summed E-state index contributed by atoms with van der Waals surface area (Å²) < 4.78 is 71.0. The van der Waals surface area contributed by atoms with Gasteiger partial charge in [0.25, 0.3) is 0 Å². The van der Waals surface area contributed by atoms with Crippen molar-refractivity contribution in [3.63, 3.8) is 0 Å². The molecule has 0 heterocycles. The molecule has 0 aromatic heterocycles. The van der Waals surface area contributed by atoms with Crippen molar-refractivity contribution in [3.05, 3.63) is 114 Å². The molecule has 0 saturated heterocycles. The number of amides is 2. The second-order valence-corrected chi connectivity index (χ2v) is 9.97. The zero-order valence-corrected chi connectivity index (χ0v) is 20.0. The molecule has 0 fully saturated rings. The summed E-state index contributed by atoms with van der Waals surface area (Å²) in [5.41, 5.74) is -0.413. The van der Waals surface area contributed by atoms with Crippen LogP contribution in [-0.4, -0.2) is 14.4 Å². The molecular formula is C27H21F3N2O4S. The lowest BCUT2D eigenvalue weighted by molar-refractivity contribution is -0.137. The Morgan fingerprint density at radius 2 is 1.46 bits per heavy atom. The molecule has 0 aliphatic rings. The Morgan fingerprint density at radius 3 is 2.14 bits per heavy atom. The third-order valence-electron chi connectivity index (χ3n) is 5.18. The van der Waals surface area contributed by atoms with Gasteiger partial charge in [0.2, 0.25) is 0 Å².